The molecule has 0 aliphatic heterocycles. The van der Waals surface area contributed by atoms with Crippen LogP contribution in [0.25, 0.3) is 0 Å². The van der Waals surface area contributed by atoms with E-state index in [0.29, 0.717) is 11.4 Å². The van der Waals surface area contributed by atoms with Gasteiger partial charge in [0, 0.05) is 18.0 Å². The van der Waals surface area contributed by atoms with E-state index in [9.17, 15) is 20.0 Å². The molecule has 0 radical (unpaired) electrons. The van der Waals surface area contributed by atoms with Gasteiger partial charge in [-0.25, -0.2) is 0 Å². The Bertz CT molecular complexity index is 1140. The van der Waals surface area contributed by atoms with Crippen LogP contribution in [-0.2, 0) is 19.4 Å². The molecule has 1 heterocycles. The van der Waals surface area contributed by atoms with Crippen LogP contribution in [0.4, 0.5) is 0 Å². The largest absolute Gasteiger partial charge is 0.494 e. The molecule has 1 aromatic heterocycles. The van der Waals surface area contributed by atoms with Crippen molar-refractivity contribution in [3.8, 4) is 11.9 Å². The molecule has 2 aromatic carbocycles. The molecule has 146 valence electrons. The summed E-state index contributed by atoms with van der Waals surface area (Å²) in [6, 6.07) is 18.2. The number of benzene rings is 2. The molecule has 0 fully saturated rings. The summed E-state index contributed by atoms with van der Waals surface area (Å²) in [5.41, 5.74) is 1.18. The quantitative estimate of drug-likeness (QED) is 0.626. The van der Waals surface area contributed by atoms with E-state index in [1.807, 2.05) is 36.4 Å². The van der Waals surface area contributed by atoms with Crippen molar-refractivity contribution in [2.45, 2.75) is 26.3 Å². The van der Waals surface area contributed by atoms with Gasteiger partial charge in [-0.15, -0.1) is 0 Å². The average molecular weight is 407 g/mol. The molecule has 0 spiro atoms. The van der Waals surface area contributed by atoms with E-state index < -0.39 is 11.4 Å². The Balaban J connectivity index is 1.99. The normalized spacial score (nSPS) is 10.5. The van der Waals surface area contributed by atoms with Crippen molar-refractivity contribution in [1.29, 1.82) is 5.26 Å². The Morgan fingerprint density at radius 2 is 1.76 bits per heavy atom. The lowest BCUT2D eigenvalue weighted by Gasteiger charge is -2.15. The van der Waals surface area contributed by atoms with E-state index in [1.54, 1.807) is 24.3 Å². The first-order valence-corrected chi connectivity index (χ1v) is 9.48. The van der Waals surface area contributed by atoms with Crippen LogP contribution in [0.15, 0.2) is 59.4 Å². The van der Waals surface area contributed by atoms with Crippen molar-refractivity contribution in [2.24, 2.45) is 0 Å². The summed E-state index contributed by atoms with van der Waals surface area (Å²) >= 11 is 5.88. The SMILES string of the molecule is Cc1c(C(=O)Cc2ccc(Cl)cc2)c(O)n(CCc2ccccc2)c(=O)c1C#N. The number of carbonyl (C=O) groups is 1. The molecule has 6 heteroatoms. The smallest absolute Gasteiger partial charge is 0.271 e. The Hall–Kier alpha value is -3.36. The van der Waals surface area contributed by atoms with Gasteiger partial charge < -0.3 is 5.11 Å². The highest BCUT2D eigenvalue weighted by Crippen LogP contribution is 2.24. The minimum atomic E-state index is -0.596. The standard InChI is InChI=1S/C23H19ClN2O3/c1-15-19(14-25)22(28)26(12-11-16-5-3-2-4-6-16)23(29)21(15)20(27)13-17-7-9-18(24)10-8-17/h2-10,29H,11-13H2,1H3. The average Bonchev–Trinajstić information content (AvgIpc) is 2.70. The summed E-state index contributed by atoms with van der Waals surface area (Å²) in [5.74, 6) is -0.770. The number of aromatic nitrogens is 1. The van der Waals surface area contributed by atoms with Gasteiger partial charge in [-0.1, -0.05) is 54.1 Å². The van der Waals surface area contributed by atoms with Crippen LogP contribution in [0, 0.1) is 18.3 Å². The summed E-state index contributed by atoms with van der Waals surface area (Å²) in [6.07, 6.45) is 0.500. The number of ketones is 1. The number of carbonyl (C=O) groups excluding carboxylic acids is 1. The number of nitriles is 1. The van der Waals surface area contributed by atoms with Crippen molar-refractivity contribution in [3.63, 3.8) is 0 Å². The van der Waals surface area contributed by atoms with Gasteiger partial charge in [-0.2, -0.15) is 5.26 Å². The Morgan fingerprint density at radius 3 is 2.38 bits per heavy atom. The van der Waals surface area contributed by atoms with Gasteiger partial charge in [-0.05, 0) is 42.2 Å². The lowest BCUT2D eigenvalue weighted by molar-refractivity contribution is 0.0988. The Labute approximate surface area is 173 Å². The number of rotatable bonds is 6. The summed E-state index contributed by atoms with van der Waals surface area (Å²) in [7, 11) is 0. The van der Waals surface area contributed by atoms with Crippen molar-refractivity contribution in [1.82, 2.24) is 4.57 Å². The van der Waals surface area contributed by atoms with Crippen LogP contribution >= 0.6 is 11.6 Å². The molecule has 29 heavy (non-hydrogen) atoms. The lowest BCUT2D eigenvalue weighted by atomic mass is 9.97. The van der Waals surface area contributed by atoms with Gasteiger partial charge in [0.05, 0.1) is 5.56 Å². The molecule has 0 bridgehead atoms. The molecule has 0 aliphatic carbocycles. The predicted octanol–water partition coefficient (Wildman–Crippen LogP) is 4.06. The third kappa shape index (κ3) is 4.39. The second-order valence-corrected chi connectivity index (χ2v) is 7.17. The molecule has 5 nitrogen and oxygen atoms in total. The van der Waals surface area contributed by atoms with Crippen molar-refractivity contribution >= 4 is 17.4 Å². The van der Waals surface area contributed by atoms with Gasteiger partial charge in [0.1, 0.15) is 11.6 Å². The first-order chi connectivity index (χ1) is 13.9. The van der Waals surface area contributed by atoms with Crippen LogP contribution in [-0.4, -0.2) is 15.5 Å². The topological polar surface area (TPSA) is 83.1 Å². The highest BCUT2D eigenvalue weighted by atomic mass is 35.5. The molecule has 0 atom stereocenters. The molecule has 0 unspecified atom stereocenters. The second kappa shape index (κ2) is 8.76. The zero-order valence-corrected chi connectivity index (χ0v) is 16.6. The molecular formula is C23H19ClN2O3. The molecule has 0 amide bonds. The number of nitrogens with zero attached hydrogens (tertiary/aromatic N) is 2. The minimum Gasteiger partial charge on any atom is -0.494 e. The highest BCUT2D eigenvalue weighted by molar-refractivity contribution is 6.30. The first kappa shape index (κ1) is 20.4. The third-order valence-corrected chi connectivity index (χ3v) is 5.08. The fourth-order valence-corrected chi connectivity index (χ4v) is 3.38. The third-order valence-electron chi connectivity index (χ3n) is 4.82. The van der Waals surface area contributed by atoms with Crippen molar-refractivity contribution in [2.75, 3.05) is 0 Å². The maximum absolute atomic E-state index is 12.9. The van der Waals surface area contributed by atoms with Gasteiger partial charge in [0.15, 0.2) is 5.78 Å². The van der Waals surface area contributed by atoms with Crippen LogP contribution in [0.1, 0.15) is 32.6 Å². The van der Waals surface area contributed by atoms with Crippen LogP contribution in [0.5, 0.6) is 5.88 Å². The predicted molar refractivity (Wildman–Crippen MR) is 111 cm³/mol. The summed E-state index contributed by atoms with van der Waals surface area (Å²) in [4.78, 5) is 25.6. The minimum absolute atomic E-state index is 0.00385. The number of aryl methyl sites for hydroxylation is 1. The number of halogens is 1. The molecule has 3 aromatic rings. The van der Waals surface area contributed by atoms with E-state index in [0.717, 1.165) is 15.7 Å². The maximum atomic E-state index is 12.9. The lowest BCUT2D eigenvalue weighted by Crippen LogP contribution is -2.27. The number of Topliss-reactive ketones (excluding diaryl/α,β-unsaturated/α-hetero) is 1. The van der Waals surface area contributed by atoms with Gasteiger partial charge >= 0.3 is 0 Å². The first-order valence-electron chi connectivity index (χ1n) is 9.10. The molecule has 1 N–H and O–H groups in total. The zero-order chi connectivity index (χ0) is 21.0. The highest BCUT2D eigenvalue weighted by Gasteiger charge is 2.24. The summed E-state index contributed by atoms with van der Waals surface area (Å²) in [5, 5.41) is 20.8. The number of aromatic hydroxyl groups is 1. The summed E-state index contributed by atoms with van der Waals surface area (Å²) < 4.78 is 1.10. The molecule has 3 rings (SSSR count). The zero-order valence-electron chi connectivity index (χ0n) is 15.9. The number of pyridine rings is 1. The van der Waals surface area contributed by atoms with Gasteiger partial charge in [0.25, 0.3) is 5.56 Å². The van der Waals surface area contributed by atoms with Crippen LogP contribution < -0.4 is 5.56 Å². The Kier molecular flexibility index (Phi) is 6.16. The van der Waals surface area contributed by atoms with Gasteiger partial charge in [-0.3, -0.25) is 14.2 Å². The van der Waals surface area contributed by atoms with E-state index >= 15 is 0 Å². The second-order valence-electron chi connectivity index (χ2n) is 6.73. The Morgan fingerprint density at radius 1 is 1.10 bits per heavy atom. The van der Waals surface area contributed by atoms with Gasteiger partial charge in [0.2, 0.25) is 5.88 Å². The van der Waals surface area contributed by atoms with E-state index in [-0.39, 0.29) is 35.4 Å². The molecule has 0 saturated heterocycles. The van der Waals surface area contributed by atoms with Crippen LogP contribution in [0.2, 0.25) is 5.02 Å². The number of hydrogen-bond donors (Lipinski definition) is 1. The van der Waals surface area contributed by atoms with E-state index in [2.05, 4.69) is 0 Å². The van der Waals surface area contributed by atoms with Crippen molar-refractivity contribution in [3.05, 3.63) is 97.8 Å². The molecule has 0 saturated carbocycles. The van der Waals surface area contributed by atoms with Crippen LogP contribution in [0.3, 0.4) is 0 Å². The fourth-order valence-electron chi connectivity index (χ4n) is 3.25. The molecule has 0 aliphatic rings. The summed E-state index contributed by atoms with van der Waals surface area (Å²) in [6.45, 7) is 1.67. The maximum Gasteiger partial charge on any atom is 0.271 e. The van der Waals surface area contributed by atoms with E-state index in [4.69, 9.17) is 11.6 Å². The number of hydrogen-bond acceptors (Lipinski definition) is 4. The van der Waals surface area contributed by atoms with Crippen molar-refractivity contribution < 1.29 is 9.90 Å². The fraction of sp³-hybridized carbons (Fsp3) is 0.174. The monoisotopic (exact) mass is 406 g/mol. The van der Waals surface area contributed by atoms with E-state index in [1.165, 1.54) is 6.92 Å². The molecular weight excluding hydrogens is 388 g/mol.